The zero-order valence-corrected chi connectivity index (χ0v) is 19.7. The molecular formula is C24H47NO7. The van der Waals surface area contributed by atoms with Gasteiger partial charge in [0.1, 0.15) is 24.4 Å². The van der Waals surface area contributed by atoms with Gasteiger partial charge in [0.05, 0.1) is 25.4 Å². The number of rotatable bonds is 18. The molecule has 1 fully saturated rings. The molecule has 0 radical (unpaired) electrons. The predicted octanol–water partition coefficient (Wildman–Crippen LogP) is 1.75. The molecular weight excluding hydrogens is 414 g/mol. The van der Waals surface area contributed by atoms with Crippen molar-refractivity contribution in [3.8, 4) is 0 Å². The van der Waals surface area contributed by atoms with Crippen LogP contribution in [-0.4, -0.2) is 81.6 Å². The third kappa shape index (κ3) is 11.5. The Labute approximate surface area is 193 Å². The third-order valence-corrected chi connectivity index (χ3v) is 6.05. The summed E-state index contributed by atoms with van der Waals surface area (Å²) in [4.78, 5) is 0. The van der Waals surface area contributed by atoms with Crippen molar-refractivity contribution in [2.75, 3.05) is 13.2 Å². The molecule has 0 aromatic heterocycles. The van der Waals surface area contributed by atoms with Crippen molar-refractivity contribution in [3.63, 3.8) is 0 Å². The normalized spacial score (nSPS) is 28.3. The van der Waals surface area contributed by atoms with Gasteiger partial charge in [-0.1, -0.05) is 83.3 Å². The molecule has 0 aromatic carbocycles. The first-order valence-corrected chi connectivity index (χ1v) is 12.4. The van der Waals surface area contributed by atoms with E-state index >= 15 is 0 Å². The van der Waals surface area contributed by atoms with Crippen LogP contribution < -0.4 is 5.73 Å². The minimum absolute atomic E-state index is 0.118. The summed E-state index contributed by atoms with van der Waals surface area (Å²) < 4.78 is 10.6. The van der Waals surface area contributed by atoms with Gasteiger partial charge < -0.3 is 40.7 Å². The number of aliphatic hydroxyl groups is 5. The number of allylic oxidation sites excluding steroid dienone is 1. The second kappa shape index (κ2) is 17.8. The highest BCUT2D eigenvalue weighted by Gasteiger charge is 2.44. The van der Waals surface area contributed by atoms with Crippen molar-refractivity contribution in [2.45, 2.75) is 127 Å². The van der Waals surface area contributed by atoms with Gasteiger partial charge in [-0.25, -0.2) is 0 Å². The molecule has 1 aliphatic heterocycles. The van der Waals surface area contributed by atoms with Gasteiger partial charge in [0.15, 0.2) is 6.29 Å². The van der Waals surface area contributed by atoms with Crippen LogP contribution in [0, 0.1) is 0 Å². The molecule has 0 spiro atoms. The van der Waals surface area contributed by atoms with E-state index in [4.69, 9.17) is 15.2 Å². The van der Waals surface area contributed by atoms with Crippen LogP contribution in [0.3, 0.4) is 0 Å². The number of unbranched alkanes of at least 4 members (excludes halogenated alkanes) is 11. The predicted molar refractivity (Wildman–Crippen MR) is 124 cm³/mol. The summed E-state index contributed by atoms with van der Waals surface area (Å²) in [5, 5.41) is 48.8. The van der Waals surface area contributed by atoms with E-state index in [0.29, 0.717) is 0 Å². The fraction of sp³-hybridized carbons (Fsp3) is 0.917. The monoisotopic (exact) mass is 461 g/mol. The first-order chi connectivity index (χ1) is 15.4. The maximum atomic E-state index is 10.2. The molecule has 0 aromatic rings. The Morgan fingerprint density at radius 2 is 1.44 bits per heavy atom. The van der Waals surface area contributed by atoms with Crippen LogP contribution in [0.2, 0.25) is 0 Å². The number of hydrogen-bond acceptors (Lipinski definition) is 8. The Morgan fingerprint density at radius 3 is 2.00 bits per heavy atom. The van der Waals surface area contributed by atoms with Crippen LogP contribution in [0.15, 0.2) is 12.2 Å². The first kappa shape index (κ1) is 29.5. The van der Waals surface area contributed by atoms with E-state index in [1.807, 2.05) is 6.08 Å². The second-order valence-corrected chi connectivity index (χ2v) is 8.94. The molecule has 8 nitrogen and oxygen atoms in total. The van der Waals surface area contributed by atoms with Gasteiger partial charge in [-0.3, -0.25) is 0 Å². The molecule has 8 heteroatoms. The lowest BCUT2D eigenvalue weighted by Crippen LogP contribution is -2.59. The fourth-order valence-corrected chi connectivity index (χ4v) is 3.81. The van der Waals surface area contributed by atoms with Crippen LogP contribution in [0.4, 0.5) is 0 Å². The smallest absolute Gasteiger partial charge is 0.186 e. The SMILES string of the molecule is CCCCCCCCCCCCC/C=C/[C@@H](O)[C@@H](N)CO[C@@H]1OC(CO)[C@H](O)[C@H](O)C1O. The molecule has 1 heterocycles. The summed E-state index contributed by atoms with van der Waals surface area (Å²) in [5.74, 6) is 0. The average Bonchev–Trinajstić information content (AvgIpc) is 2.79. The molecule has 1 aliphatic rings. The Bertz CT molecular complexity index is 477. The van der Waals surface area contributed by atoms with Crippen LogP contribution in [0.25, 0.3) is 0 Å². The highest BCUT2D eigenvalue weighted by atomic mass is 16.7. The highest BCUT2D eigenvalue weighted by Crippen LogP contribution is 2.22. The van der Waals surface area contributed by atoms with Gasteiger partial charge in [0.25, 0.3) is 0 Å². The van der Waals surface area contributed by atoms with Crippen molar-refractivity contribution >= 4 is 0 Å². The van der Waals surface area contributed by atoms with E-state index in [2.05, 4.69) is 6.92 Å². The van der Waals surface area contributed by atoms with E-state index in [1.54, 1.807) is 6.08 Å². The largest absolute Gasteiger partial charge is 0.394 e. The number of nitrogens with two attached hydrogens (primary N) is 1. The fourth-order valence-electron chi connectivity index (χ4n) is 3.81. The lowest BCUT2D eigenvalue weighted by Gasteiger charge is -2.39. The van der Waals surface area contributed by atoms with Gasteiger partial charge in [-0.05, 0) is 12.8 Å². The molecule has 7 atom stereocenters. The molecule has 7 N–H and O–H groups in total. The maximum Gasteiger partial charge on any atom is 0.186 e. The first-order valence-electron chi connectivity index (χ1n) is 12.4. The lowest BCUT2D eigenvalue weighted by atomic mass is 9.99. The molecule has 0 saturated carbocycles. The molecule has 2 unspecified atom stereocenters. The molecule has 32 heavy (non-hydrogen) atoms. The van der Waals surface area contributed by atoms with Gasteiger partial charge >= 0.3 is 0 Å². The average molecular weight is 462 g/mol. The number of hydrogen-bond donors (Lipinski definition) is 6. The molecule has 1 rings (SSSR count). The van der Waals surface area contributed by atoms with E-state index in [1.165, 1.54) is 64.2 Å². The second-order valence-electron chi connectivity index (χ2n) is 8.94. The van der Waals surface area contributed by atoms with Crippen LogP contribution >= 0.6 is 0 Å². The summed E-state index contributed by atoms with van der Waals surface area (Å²) in [5.41, 5.74) is 5.93. The quantitative estimate of drug-likeness (QED) is 0.134. The minimum atomic E-state index is -1.50. The number of ether oxygens (including phenoxy) is 2. The van der Waals surface area contributed by atoms with Crippen LogP contribution in [-0.2, 0) is 9.47 Å². The van der Waals surface area contributed by atoms with Crippen LogP contribution in [0.5, 0.6) is 0 Å². The minimum Gasteiger partial charge on any atom is -0.394 e. The Kier molecular flexibility index (Phi) is 16.4. The van der Waals surface area contributed by atoms with Gasteiger partial charge in [0.2, 0.25) is 0 Å². The lowest BCUT2D eigenvalue weighted by molar-refractivity contribution is -0.302. The summed E-state index contributed by atoms with van der Waals surface area (Å²) in [6.07, 6.45) is 11.1. The van der Waals surface area contributed by atoms with Crippen molar-refractivity contribution < 1.29 is 35.0 Å². The molecule has 0 aliphatic carbocycles. The van der Waals surface area contributed by atoms with Crippen molar-refractivity contribution in [1.82, 2.24) is 0 Å². The van der Waals surface area contributed by atoms with Crippen molar-refractivity contribution in [3.05, 3.63) is 12.2 Å². The zero-order valence-electron chi connectivity index (χ0n) is 19.7. The Balaban J connectivity index is 2.10. The van der Waals surface area contributed by atoms with Gasteiger partial charge in [0, 0.05) is 0 Å². The highest BCUT2D eigenvalue weighted by molar-refractivity contribution is 4.94. The molecule has 0 amide bonds. The maximum absolute atomic E-state index is 10.2. The van der Waals surface area contributed by atoms with E-state index in [-0.39, 0.29) is 6.61 Å². The summed E-state index contributed by atoms with van der Waals surface area (Å²) in [7, 11) is 0. The van der Waals surface area contributed by atoms with Crippen molar-refractivity contribution in [1.29, 1.82) is 0 Å². The van der Waals surface area contributed by atoms with Gasteiger partial charge in [-0.15, -0.1) is 0 Å². The topological polar surface area (TPSA) is 146 Å². The van der Waals surface area contributed by atoms with E-state index in [9.17, 15) is 25.5 Å². The summed E-state index contributed by atoms with van der Waals surface area (Å²) in [6.45, 7) is 1.60. The number of aliphatic hydroxyl groups excluding tert-OH is 5. The van der Waals surface area contributed by atoms with Crippen molar-refractivity contribution in [2.24, 2.45) is 5.73 Å². The van der Waals surface area contributed by atoms with Crippen LogP contribution in [0.1, 0.15) is 84.0 Å². The molecule has 190 valence electrons. The molecule has 0 bridgehead atoms. The third-order valence-electron chi connectivity index (χ3n) is 6.05. The summed E-state index contributed by atoms with van der Waals surface area (Å²) in [6, 6.07) is -0.740. The Morgan fingerprint density at radius 1 is 0.875 bits per heavy atom. The zero-order chi connectivity index (χ0) is 23.8. The summed E-state index contributed by atoms with van der Waals surface area (Å²) >= 11 is 0. The van der Waals surface area contributed by atoms with E-state index < -0.39 is 49.5 Å². The van der Waals surface area contributed by atoms with E-state index in [0.717, 1.165) is 12.8 Å². The Hall–Kier alpha value is -0.580. The molecule has 1 saturated heterocycles. The van der Waals surface area contributed by atoms with Gasteiger partial charge in [-0.2, -0.15) is 0 Å². The standard InChI is InChI=1S/C24H47NO7/c1-2-3-4-5-6-7-8-9-10-11-12-13-14-15-19(27)18(25)17-31-24-23(30)22(29)21(28)20(16-26)32-24/h14-15,18-24,26-30H,2-13,16-17,25H2,1H3/b15-14+/t18-,19+,20?,21-,22-,23?,24+/m0/s1.